The number of hydrogen-bond donors (Lipinski definition) is 0. The Morgan fingerprint density at radius 3 is 1.44 bits per heavy atom. The van der Waals surface area contributed by atoms with Gasteiger partial charge in [-0.1, -0.05) is 24.3 Å². The van der Waals surface area contributed by atoms with Crippen LogP contribution in [-0.2, 0) is 25.7 Å². The van der Waals surface area contributed by atoms with E-state index in [1.165, 1.54) is 59.1 Å². The zero-order valence-electron chi connectivity index (χ0n) is 19.3. The molecule has 4 nitrogen and oxygen atoms in total. The van der Waals surface area contributed by atoms with Crippen molar-refractivity contribution in [2.24, 2.45) is 0 Å². The van der Waals surface area contributed by atoms with Gasteiger partial charge in [-0.05, 0) is 109 Å². The van der Waals surface area contributed by atoms with E-state index in [9.17, 15) is 0 Å². The lowest BCUT2D eigenvalue weighted by Gasteiger charge is -2.23. The van der Waals surface area contributed by atoms with Gasteiger partial charge >= 0.3 is 0 Å². The van der Waals surface area contributed by atoms with Crippen molar-refractivity contribution in [3.63, 3.8) is 0 Å². The van der Waals surface area contributed by atoms with Gasteiger partial charge in [0.05, 0.1) is 0 Å². The second kappa shape index (κ2) is 9.30. The van der Waals surface area contributed by atoms with Crippen LogP contribution in [-0.4, -0.2) is 9.97 Å². The van der Waals surface area contributed by atoms with Crippen molar-refractivity contribution in [2.45, 2.75) is 51.4 Å². The van der Waals surface area contributed by atoms with E-state index in [1.54, 1.807) is 12.4 Å². The topological polar surface area (TPSA) is 44.2 Å². The van der Waals surface area contributed by atoms with Crippen LogP contribution in [0.2, 0.25) is 0 Å². The smallest absolute Gasteiger partial charge is 0.219 e. The third-order valence-corrected chi connectivity index (χ3v) is 6.89. The number of hydrogen-bond acceptors (Lipinski definition) is 4. The van der Waals surface area contributed by atoms with Gasteiger partial charge in [0, 0.05) is 24.5 Å². The molecule has 0 fully saturated rings. The molecular formula is C30H28N2O2. The van der Waals surface area contributed by atoms with Crippen molar-refractivity contribution in [3.05, 3.63) is 95.3 Å². The summed E-state index contributed by atoms with van der Waals surface area (Å²) in [5, 5.41) is 0. The fourth-order valence-corrected chi connectivity index (χ4v) is 5.21. The van der Waals surface area contributed by atoms with Crippen molar-refractivity contribution >= 4 is 0 Å². The molecule has 34 heavy (non-hydrogen) atoms. The summed E-state index contributed by atoms with van der Waals surface area (Å²) in [5.74, 6) is 3.13. The summed E-state index contributed by atoms with van der Waals surface area (Å²) in [7, 11) is 0. The zero-order valence-corrected chi connectivity index (χ0v) is 19.3. The molecule has 0 saturated carbocycles. The predicted molar refractivity (Wildman–Crippen MR) is 134 cm³/mol. The SMILES string of the molecule is c1ccc(Oc2cc(-c3cc4c(c(Oc5ccccn5)c3)CCCC4)cc3c2CCCC3)nc1. The van der Waals surface area contributed by atoms with Gasteiger partial charge in [-0.2, -0.15) is 0 Å². The van der Waals surface area contributed by atoms with Crippen molar-refractivity contribution in [2.75, 3.05) is 0 Å². The number of aryl methyl sites for hydroxylation is 2. The maximum Gasteiger partial charge on any atom is 0.219 e. The van der Waals surface area contributed by atoms with E-state index < -0.39 is 0 Å². The third kappa shape index (κ3) is 4.28. The Hall–Kier alpha value is -3.66. The van der Waals surface area contributed by atoms with Crippen LogP contribution in [0.25, 0.3) is 11.1 Å². The summed E-state index contributed by atoms with van der Waals surface area (Å²) in [5.41, 5.74) is 7.77. The average Bonchev–Trinajstić information content (AvgIpc) is 2.90. The summed E-state index contributed by atoms with van der Waals surface area (Å²) in [6.07, 6.45) is 12.7. The monoisotopic (exact) mass is 448 g/mol. The Labute approximate surface area is 200 Å². The van der Waals surface area contributed by atoms with E-state index in [0.717, 1.165) is 37.2 Å². The molecule has 0 aliphatic heterocycles. The Kier molecular flexibility index (Phi) is 5.72. The molecular weight excluding hydrogens is 420 g/mol. The molecule has 2 aromatic carbocycles. The first-order valence-corrected chi connectivity index (χ1v) is 12.3. The molecule has 0 amide bonds. The highest BCUT2D eigenvalue weighted by Crippen LogP contribution is 2.41. The Morgan fingerprint density at radius 2 is 1.00 bits per heavy atom. The Bertz CT molecular complexity index is 1200. The summed E-state index contributed by atoms with van der Waals surface area (Å²) in [4.78, 5) is 8.79. The number of aromatic nitrogens is 2. The fourth-order valence-electron chi connectivity index (χ4n) is 5.21. The summed E-state index contributed by atoms with van der Waals surface area (Å²) in [6.45, 7) is 0. The summed E-state index contributed by atoms with van der Waals surface area (Å²) < 4.78 is 12.7. The van der Waals surface area contributed by atoms with Crippen LogP contribution in [0.4, 0.5) is 0 Å². The van der Waals surface area contributed by atoms with Gasteiger partial charge in [0.2, 0.25) is 11.8 Å². The van der Waals surface area contributed by atoms with E-state index in [1.807, 2.05) is 36.4 Å². The van der Waals surface area contributed by atoms with Crippen LogP contribution in [0.3, 0.4) is 0 Å². The molecule has 6 rings (SSSR count). The van der Waals surface area contributed by atoms with Crippen molar-refractivity contribution in [3.8, 4) is 34.4 Å². The van der Waals surface area contributed by atoms with Crippen LogP contribution < -0.4 is 9.47 Å². The maximum atomic E-state index is 6.33. The third-order valence-electron chi connectivity index (χ3n) is 6.89. The van der Waals surface area contributed by atoms with E-state index in [0.29, 0.717) is 11.8 Å². The van der Waals surface area contributed by atoms with Gasteiger partial charge in [-0.15, -0.1) is 0 Å². The highest BCUT2D eigenvalue weighted by molar-refractivity contribution is 5.72. The number of ether oxygens (including phenoxy) is 2. The molecule has 2 heterocycles. The van der Waals surface area contributed by atoms with E-state index >= 15 is 0 Å². The molecule has 0 bridgehead atoms. The van der Waals surface area contributed by atoms with Gasteiger partial charge in [0.25, 0.3) is 0 Å². The molecule has 4 heteroatoms. The first-order valence-electron chi connectivity index (χ1n) is 12.3. The largest absolute Gasteiger partial charge is 0.439 e. The molecule has 0 N–H and O–H groups in total. The van der Waals surface area contributed by atoms with Gasteiger partial charge in [-0.25, -0.2) is 9.97 Å². The molecule has 0 radical (unpaired) electrons. The minimum Gasteiger partial charge on any atom is -0.439 e. The summed E-state index contributed by atoms with van der Waals surface area (Å²) in [6, 6.07) is 20.7. The normalized spacial score (nSPS) is 14.7. The molecule has 0 spiro atoms. The lowest BCUT2D eigenvalue weighted by atomic mass is 9.85. The van der Waals surface area contributed by atoms with Gasteiger partial charge in [-0.3, -0.25) is 0 Å². The average molecular weight is 449 g/mol. The number of benzene rings is 2. The number of nitrogens with zero attached hydrogens (tertiary/aromatic N) is 2. The molecule has 0 saturated heterocycles. The highest BCUT2D eigenvalue weighted by Gasteiger charge is 2.21. The Balaban J connectivity index is 1.45. The lowest BCUT2D eigenvalue weighted by Crippen LogP contribution is -2.07. The van der Waals surface area contributed by atoms with Crippen LogP contribution >= 0.6 is 0 Å². The standard InChI is InChI=1S/C30H28N2O2/c1-3-11-25-21(9-1)17-23(19-27(25)33-29-13-5-7-15-31-29)24-18-22-10-2-4-12-26(22)28(20-24)34-30-14-6-8-16-32-30/h5-8,13-20H,1-4,9-12H2. The number of pyridine rings is 2. The van der Waals surface area contributed by atoms with Crippen molar-refractivity contribution < 1.29 is 9.47 Å². The molecule has 4 aromatic rings. The van der Waals surface area contributed by atoms with E-state index in [4.69, 9.17) is 9.47 Å². The van der Waals surface area contributed by atoms with E-state index in [-0.39, 0.29) is 0 Å². The quantitative estimate of drug-likeness (QED) is 0.317. The maximum absolute atomic E-state index is 6.33. The second-order valence-corrected chi connectivity index (χ2v) is 9.18. The van der Waals surface area contributed by atoms with Gasteiger partial charge < -0.3 is 9.47 Å². The first kappa shape index (κ1) is 20.9. The molecule has 0 unspecified atom stereocenters. The molecule has 170 valence electrons. The number of rotatable bonds is 5. The molecule has 2 aliphatic rings. The molecule has 2 aliphatic carbocycles. The minimum atomic E-state index is 0.636. The van der Waals surface area contributed by atoms with Crippen LogP contribution in [0.1, 0.15) is 47.9 Å². The van der Waals surface area contributed by atoms with Crippen LogP contribution in [0.15, 0.2) is 73.1 Å². The highest BCUT2D eigenvalue weighted by atomic mass is 16.5. The lowest BCUT2D eigenvalue weighted by molar-refractivity contribution is 0.451. The zero-order chi connectivity index (χ0) is 22.7. The summed E-state index contributed by atoms with van der Waals surface area (Å²) >= 11 is 0. The molecule has 0 atom stereocenters. The second-order valence-electron chi connectivity index (χ2n) is 9.18. The van der Waals surface area contributed by atoms with Crippen molar-refractivity contribution in [1.82, 2.24) is 9.97 Å². The van der Waals surface area contributed by atoms with Crippen LogP contribution in [0.5, 0.6) is 23.3 Å². The van der Waals surface area contributed by atoms with E-state index in [2.05, 4.69) is 34.2 Å². The van der Waals surface area contributed by atoms with Crippen molar-refractivity contribution in [1.29, 1.82) is 0 Å². The minimum absolute atomic E-state index is 0.636. The fraction of sp³-hybridized carbons (Fsp3) is 0.267. The predicted octanol–water partition coefficient (Wildman–Crippen LogP) is 7.49. The Morgan fingerprint density at radius 1 is 0.529 bits per heavy atom. The first-order chi connectivity index (χ1) is 16.8. The van der Waals surface area contributed by atoms with Crippen LogP contribution in [0, 0.1) is 0 Å². The molecule has 2 aromatic heterocycles. The van der Waals surface area contributed by atoms with Gasteiger partial charge in [0.1, 0.15) is 11.5 Å². The van der Waals surface area contributed by atoms with Gasteiger partial charge in [0.15, 0.2) is 0 Å². The number of fused-ring (bicyclic) bond motifs is 2.